The Morgan fingerprint density at radius 2 is 1.92 bits per heavy atom. The van der Waals surface area contributed by atoms with Crippen molar-refractivity contribution in [3.05, 3.63) is 83.9 Å². The summed E-state index contributed by atoms with van der Waals surface area (Å²) in [6.45, 7) is 1.26. The maximum absolute atomic E-state index is 13.1. The number of nitrogens with zero attached hydrogens (tertiary/aromatic N) is 3. The van der Waals surface area contributed by atoms with E-state index < -0.39 is 0 Å². The van der Waals surface area contributed by atoms with Gasteiger partial charge in [-0.1, -0.05) is 42.5 Å². The van der Waals surface area contributed by atoms with Crippen LogP contribution in [0.2, 0.25) is 0 Å². The van der Waals surface area contributed by atoms with E-state index in [0.29, 0.717) is 13.0 Å². The Bertz CT molecular complexity index is 887. The van der Waals surface area contributed by atoms with Crippen LogP contribution in [0.4, 0.5) is 0 Å². The molecule has 0 N–H and O–H groups in total. The number of carbonyl (C=O) groups is 1. The fourth-order valence-electron chi connectivity index (χ4n) is 3.45. The predicted octanol–water partition coefficient (Wildman–Crippen LogP) is 3.22. The van der Waals surface area contributed by atoms with Gasteiger partial charge in [-0.05, 0) is 23.3 Å². The lowest BCUT2D eigenvalue weighted by molar-refractivity contribution is -0.135. The van der Waals surface area contributed by atoms with Crippen LogP contribution in [0.25, 0.3) is 0 Å². The molecule has 1 aliphatic rings. The van der Waals surface area contributed by atoms with Gasteiger partial charge in [-0.15, -0.1) is 0 Å². The zero-order chi connectivity index (χ0) is 17.9. The van der Waals surface area contributed by atoms with Crippen molar-refractivity contribution in [1.82, 2.24) is 14.5 Å². The molecule has 1 atom stereocenters. The Morgan fingerprint density at radius 3 is 2.65 bits per heavy atom. The van der Waals surface area contributed by atoms with E-state index in [1.165, 1.54) is 0 Å². The summed E-state index contributed by atoms with van der Waals surface area (Å²) in [6.07, 6.45) is 4.15. The van der Waals surface area contributed by atoms with Crippen LogP contribution in [0.15, 0.2) is 67.0 Å². The number of carbonyl (C=O) groups excluding carboxylic acids is 1. The summed E-state index contributed by atoms with van der Waals surface area (Å²) in [4.78, 5) is 19.4. The van der Waals surface area contributed by atoms with Gasteiger partial charge >= 0.3 is 0 Å². The summed E-state index contributed by atoms with van der Waals surface area (Å²) >= 11 is 0. The van der Waals surface area contributed by atoms with Gasteiger partial charge in [0.15, 0.2) is 0 Å². The minimum absolute atomic E-state index is 0.0173. The average molecular weight is 347 g/mol. The topological polar surface area (TPSA) is 47.4 Å². The molecule has 1 aliphatic heterocycles. The number of rotatable bonds is 4. The number of fused-ring (bicyclic) bond motifs is 1. The Balaban J connectivity index is 1.59. The van der Waals surface area contributed by atoms with E-state index in [1.807, 2.05) is 53.6 Å². The van der Waals surface area contributed by atoms with Gasteiger partial charge in [0.05, 0.1) is 26.1 Å². The number of methoxy groups -OCH3 is 1. The highest BCUT2D eigenvalue weighted by Crippen LogP contribution is 2.29. The van der Waals surface area contributed by atoms with Gasteiger partial charge in [0, 0.05) is 18.9 Å². The molecule has 5 heteroatoms. The van der Waals surface area contributed by atoms with Crippen molar-refractivity contribution in [2.75, 3.05) is 7.11 Å². The lowest BCUT2D eigenvalue weighted by Gasteiger charge is -2.36. The van der Waals surface area contributed by atoms with Crippen LogP contribution in [0, 0.1) is 0 Å². The molecule has 0 spiro atoms. The summed E-state index contributed by atoms with van der Waals surface area (Å²) in [5, 5.41) is 0. The molecule has 0 bridgehead atoms. The van der Waals surface area contributed by atoms with Crippen LogP contribution >= 0.6 is 0 Å². The van der Waals surface area contributed by atoms with E-state index in [-0.39, 0.29) is 11.9 Å². The third-order valence-corrected chi connectivity index (χ3v) is 4.88. The minimum atomic E-state index is 0.0173. The van der Waals surface area contributed by atoms with Crippen LogP contribution in [-0.2, 0) is 24.3 Å². The Morgan fingerprint density at radius 1 is 1.15 bits per heavy atom. The lowest BCUT2D eigenvalue weighted by Crippen LogP contribution is -2.41. The number of hydrogen-bond acceptors (Lipinski definition) is 3. The first-order valence-electron chi connectivity index (χ1n) is 8.72. The molecule has 5 nitrogen and oxygen atoms in total. The number of benzene rings is 2. The largest absolute Gasteiger partial charge is 0.497 e. The Labute approximate surface area is 152 Å². The van der Waals surface area contributed by atoms with Crippen LogP contribution in [0.1, 0.15) is 23.0 Å². The summed E-state index contributed by atoms with van der Waals surface area (Å²) in [7, 11) is 1.64. The second-order valence-corrected chi connectivity index (χ2v) is 6.47. The van der Waals surface area contributed by atoms with Gasteiger partial charge in [-0.3, -0.25) is 4.79 Å². The molecule has 1 amide bonds. The standard InChI is InChI=1S/C21H21N3O2/c1-26-18-9-7-16(8-10-18)13-21(25)24-15-20-22-11-12-23(20)14-19(24)17-5-3-2-4-6-17/h2-12,19H,13-15H2,1H3/t19-/m0/s1. The van der Waals surface area contributed by atoms with Crippen molar-refractivity contribution in [3.8, 4) is 5.75 Å². The van der Waals surface area contributed by atoms with Crippen LogP contribution in [0.5, 0.6) is 5.75 Å². The maximum atomic E-state index is 13.1. The SMILES string of the molecule is COc1ccc(CC(=O)N2Cc3nccn3C[C@H]2c2ccccc2)cc1. The monoisotopic (exact) mass is 347 g/mol. The van der Waals surface area contributed by atoms with E-state index >= 15 is 0 Å². The fraction of sp³-hybridized carbons (Fsp3) is 0.238. The summed E-state index contributed by atoms with van der Waals surface area (Å²) in [5.74, 6) is 1.84. The van der Waals surface area contributed by atoms with Crippen molar-refractivity contribution in [2.45, 2.75) is 25.6 Å². The minimum Gasteiger partial charge on any atom is -0.497 e. The molecule has 1 aromatic heterocycles. The first-order valence-corrected chi connectivity index (χ1v) is 8.72. The van der Waals surface area contributed by atoms with Gasteiger partial charge in [0.1, 0.15) is 11.6 Å². The highest BCUT2D eigenvalue weighted by Gasteiger charge is 2.31. The van der Waals surface area contributed by atoms with E-state index in [4.69, 9.17) is 4.74 Å². The van der Waals surface area contributed by atoms with Gasteiger partial charge in [0.25, 0.3) is 0 Å². The highest BCUT2D eigenvalue weighted by atomic mass is 16.5. The molecule has 3 aromatic rings. The summed E-state index contributed by atoms with van der Waals surface area (Å²) in [5.41, 5.74) is 2.13. The lowest BCUT2D eigenvalue weighted by atomic mass is 10.0. The third kappa shape index (κ3) is 3.20. The highest BCUT2D eigenvalue weighted by molar-refractivity contribution is 5.79. The van der Waals surface area contributed by atoms with Crippen molar-refractivity contribution in [1.29, 1.82) is 0 Å². The first kappa shape index (κ1) is 16.4. The second kappa shape index (κ2) is 7.04. The van der Waals surface area contributed by atoms with Crippen LogP contribution in [0.3, 0.4) is 0 Å². The van der Waals surface area contributed by atoms with E-state index in [9.17, 15) is 4.79 Å². The molecule has 132 valence electrons. The number of imidazole rings is 1. The van der Waals surface area contributed by atoms with E-state index in [1.54, 1.807) is 13.3 Å². The second-order valence-electron chi connectivity index (χ2n) is 6.47. The van der Waals surface area contributed by atoms with Crippen molar-refractivity contribution < 1.29 is 9.53 Å². The van der Waals surface area contributed by atoms with Gasteiger partial charge < -0.3 is 14.2 Å². The molecule has 0 fully saturated rings. The quantitative estimate of drug-likeness (QED) is 0.728. The normalized spacial score (nSPS) is 16.2. The number of amides is 1. The number of hydrogen-bond donors (Lipinski definition) is 0. The van der Waals surface area contributed by atoms with Crippen molar-refractivity contribution >= 4 is 5.91 Å². The molecule has 2 heterocycles. The Hall–Kier alpha value is -3.08. The molecule has 26 heavy (non-hydrogen) atoms. The molecule has 0 saturated carbocycles. The molecule has 0 aliphatic carbocycles. The molecule has 2 aromatic carbocycles. The Kier molecular flexibility index (Phi) is 4.44. The van der Waals surface area contributed by atoms with Crippen molar-refractivity contribution in [3.63, 3.8) is 0 Å². The van der Waals surface area contributed by atoms with E-state index in [2.05, 4.69) is 21.7 Å². The zero-order valence-electron chi connectivity index (χ0n) is 14.7. The van der Waals surface area contributed by atoms with E-state index in [0.717, 1.165) is 29.2 Å². The first-order chi connectivity index (χ1) is 12.7. The maximum Gasteiger partial charge on any atom is 0.227 e. The van der Waals surface area contributed by atoms with Gasteiger partial charge in [0.2, 0.25) is 5.91 Å². The molecular formula is C21H21N3O2. The van der Waals surface area contributed by atoms with Crippen LogP contribution in [-0.4, -0.2) is 27.5 Å². The molecule has 0 unspecified atom stereocenters. The van der Waals surface area contributed by atoms with Gasteiger partial charge in [-0.2, -0.15) is 0 Å². The van der Waals surface area contributed by atoms with Gasteiger partial charge in [-0.25, -0.2) is 4.98 Å². The summed E-state index contributed by atoms with van der Waals surface area (Å²) in [6, 6.07) is 17.9. The van der Waals surface area contributed by atoms with Crippen molar-refractivity contribution in [2.24, 2.45) is 0 Å². The number of ether oxygens (including phenoxy) is 1. The zero-order valence-corrected chi connectivity index (χ0v) is 14.7. The smallest absolute Gasteiger partial charge is 0.227 e. The average Bonchev–Trinajstić information content (AvgIpc) is 3.16. The molecule has 0 radical (unpaired) electrons. The fourth-order valence-corrected chi connectivity index (χ4v) is 3.45. The number of aromatic nitrogens is 2. The molecular weight excluding hydrogens is 326 g/mol. The third-order valence-electron chi connectivity index (χ3n) is 4.88. The molecule has 4 rings (SSSR count). The predicted molar refractivity (Wildman–Crippen MR) is 98.7 cm³/mol. The summed E-state index contributed by atoms with van der Waals surface area (Å²) < 4.78 is 7.32. The van der Waals surface area contributed by atoms with Crippen LogP contribution < -0.4 is 4.74 Å². The molecule has 0 saturated heterocycles.